The van der Waals surface area contributed by atoms with Crippen molar-refractivity contribution in [2.45, 2.75) is 57.6 Å². The summed E-state index contributed by atoms with van der Waals surface area (Å²) in [6.07, 6.45) is 6.40. The first-order chi connectivity index (χ1) is 19.2. The molecule has 4 nitrogen and oxygen atoms in total. The number of likely N-dealkylation sites (tertiary alicyclic amines) is 2. The zero-order chi connectivity index (χ0) is 26.7. The number of para-hydroxylation sites is 1. The second-order valence-electron chi connectivity index (χ2n) is 11.7. The zero-order valence-electron chi connectivity index (χ0n) is 23.8. The third-order valence-electron chi connectivity index (χ3n) is 8.53. The van der Waals surface area contributed by atoms with Gasteiger partial charge in [0.05, 0.1) is 0 Å². The van der Waals surface area contributed by atoms with E-state index in [1.54, 1.807) is 0 Å². The molecule has 4 heteroatoms. The van der Waals surface area contributed by atoms with Crippen LogP contribution in [0.2, 0.25) is 0 Å². The summed E-state index contributed by atoms with van der Waals surface area (Å²) in [6, 6.07) is 30.5. The van der Waals surface area contributed by atoms with Gasteiger partial charge in [-0.15, -0.1) is 0 Å². The van der Waals surface area contributed by atoms with Crippen LogP contribution >= 0.6 is 0 Å². The van der Waals surface area contributed by atoms with Gasteiger partial charge in [0.15, 0.2) is 0 Å². The predicted molar refractivity (Wildman–Crippen MR) is 162 cm³/mol. The Kier molecular flexibility index (Phi) is 10.5. The van der Waals surface area contributed by atoms with Crippen molar-refractivity contribution < 1.29 is 4.74 Å². The molecule has 1 unspecified atom stereocenters. The summed E-state index contributed by atoms with van der Waals surface area (Å²) in [5.41, 5.74) is 4.07. The number of ether oxygens (including phenoxy) is 1. The van der Waals surface area contributed by atoms with E-state index in [9.17, 15) is 0 Å². The Morgan fingerprint density at radius 2 is 1.46 bits per heavy atom. The maximum absolute atomic E-state index is 6.60. The Bertz CT molecular complexity index is 1060. The molecule has 2 aliphatic heterocycles. The number of nitrogens with zero attached hydrogens (tertiary/aromatic N) is 2. The van der Waals surface area contributed by atoms with Crippen molar-refractivity contribution in [1.29, 1.82) is 0 Å². The maximum Gasteiger partial charge on any atom is 0.124 e. The molecule has 208 valence electrons. The summed E-state index contributed by atoms with van der Waals surface area (Å²) < 4.78 is 6.60. The van der Waals surface area contributed by atoms with E-state index in [0.29, 0.717) is 5.92 Å². The van der Waals surface area contributed by atoms with E-state index in [1.807, 2.05) is 0 Å². The maximum atomic E-state index is 6.60. The molecule has 0 bridgehead atoms. The number of hydrogen-bond donors (Lipinski definition) is 1. The molecular formula is C35H47N3O. The van der Waals surface area contributed by atoms with Crippen molar-refractivity contribution in [3.63, 3.8) is 0 Å². The molecule has 5 rings (SSSR count). The van der Waals surface area contributed by atoms with Crippen LogP contribution in [-0.4, -0.2) is 61.7 Å². The highest BCUT2D eigenvalue weighted by molar-refractivity contribution is 5.34. The van der Waals surface area contributed by atoms with Gasteiger partial charge in [0, 0.05) is 44.2 Å². The lowest BCUT2D eigenvalue weighted by molar-refractivity contribution is 0.0979. The summed E-state index contributed by atoms with van der Waals surface area (Å²) in [5.74, 6) is 2.31. The van der Waals surface area contributed by atoms with Gasteiger partial charge in [0.25, 0.3) is 0 Å². The molecule has 3 aromatic carbocycles. The minimum atomic E-state index is 0.287. The van der Waals surface area contributed by atoms with Gasteiger partial charge in [0.1, 0.15) is 11.9 Å². The molecule has 0 aliphatic carbocycles. The summed E-state index contributed by atoms with van der Waals surface area (Å²) >= 11 is 0. The van der Waals surface area contributed by atoms with Crippen LogP contribution in [0, 0.1) is 5.92 Å². The first kappa shape index (κ1) is 27.9. The Hall–Kier alpha value is -2.66. The van der Waals surface area contributed by atoms with E-state index in [-0.39, 0.29) is 6.10 Å². The highest BCUT2D eigenvalue weighted by atomic mass is 16.5. The van der Waals surface area contributed by atoms with Gasteiger partial charge in [-0.3, -0.25) is 0 Å². The molecule has 2 heterocycles. The van der Waals surface area contributed by atoms with E-state index in [0.717, 1.165) is 57.2 Å². The van der Waals surface area contributed by atoms with Crippen LogP contribution in [0.3, 0.4) is 0 Å². The second-order valence-corrected chi connectivity index (χ2v) is 11.7. The lowest BCUT2D eigenvalue weighted by atomic mass is 9.90. The molecule has 2 fully saturated rings. The number of hydrogen-bond acceptors (Lipinski definition) is 4. The first-order valence-corrected chi connectivity index (χ1v) is 15.2. The molecular weight excluding hydrogens is 478 g/mol. The molecule has 0 amide bonds. The molecule has 3 aromatic rings. The van der Waals surface area contributed by atoms with Gasteiger partial charge in [-0.25, -0.2) is 0 Å². The van der Waals surface area contributed by atoms with Crippen molar-refractivity contribution in [2.24, 2.45) is 5.92 Å². The quantitative estimate of drug-likeness (QED) is 0.271. The molecule has 1 atom stereocenters. The summed E-state index contributed by atoms with van der Waals surface area (Å²) in [4.78, 5) is 5.27. The highest BCUT2D eigenvalue weighted by Crippen LogP contribution is 2.28. The van der Waals surface area contributed by atoms with Gasteiger partial charge in [-0.05, 0) is 74.8 Å². The van der Waals surface area contributed by atoms with E-state index >= 15 is 0 Å². The largest absolute Gasteiger partial charge is 0.490 e. The van der Waals surface area contributed by atoms with Crippen molar-refractivity contribution in [3.8, 4) is 5.75 Å². The van der Waals surface area contributed by atoms with Gasteiger partial charge in [0.2, 0.25) is 0 Å². The van der Waals surface area contributed by atoms with Gasteiger partial charge in [-0.1, -0.05) is 85.8 Å². The molecule has 0 radical (unpaired) electrons. The number of piperidine rings is 2. The fourth-order valence-corrected chi connectivity index (χ4v) is 6.33. The van der Waals surface area contributed by atoms with Gasteiger partial charge < -0.3 is 19.9 Å². The minimum absolute atomic E-state index is 0.287. The van der Waals surface area contributed by atoms with Gasteiger partial charge in [-0.2, -0.15) is 0 Å². The Balaban J connectivity index is 1.08. The van der Waals surface area contributed by atoms with Crippen LogP contribution in [0.1, 0.15) is 61.6 Å². The fourth-order valence-electron chi connectivity index (χ4n) is 6.33. The Morgan fingerprint density at radius 1 is 0.795 bits per heavy atom. The normalized spacial score (nSPS) is 19.4. The predicted octanol–water partition coefficient (Wildman–Crippen LogP) is 6.57. The first-order valence-electron chi connectivity index (χ1n) is 15.2. The van der Waals surface area contributed by atoms with Crippen LogP contribution in [0.15, 0.2) is 84.9 Å². The summed E-state index contributed by atoms with van der Waals surface area (Å²) in [6.45, 7) is 11.3. The highest BCUT2D eigenvalue weighted by Gasteiger charge is 2.25. The van der Waals surface area contributed by atoms with Crippen LogP contribution in [-0.2, 0) is 6.54 Å². The smallest absolute Gasteiger partial charge is 0.124 e. The van der Waals surface area contributed by atoms with Crippen LogP contribution in [0.25, 0.3) is 0 Å². The average molecular weight is 526 g/mol. The molecule has 39 heavy (non-hydrogen) atoms. The molecule has 0 saturated carbocycles. The lowest BCUT2D eigenvalue weighted by Crippen LogP contribution is -2.40. The summed E-state index contributed by atoms with van der Waals surface area (Å²) in [7, 11) is 0. The van der Waals surface area contributed by atoms with Crippen molar-refractivity contribution in [3.05, 3.63) is 102 Å². The van der Waals surface area contributed by atoms with Crippen LogP contribution < -0.4 is 10.1 Å². The molecule has 2 saturated heterocycles. The molecule has 0 aromatic heterocycles. The fraction of sp³-hybridized carbons (Fsp3) is 0.486. The third kappa shape index (κ3) is 8.41. The number of benzene rings is 3. The lowest BCUT2D eigenvalue weighted by Gasteiger charge is -2.35. The Labute approximate surface area is 236 Å². The Morgan fingerprint density at radius 3 is 2.15 bits per heavy atom. The van der Waals surface area contributed by atoms with Crippen molar-refractivity contribution in [1.82, 2.24) is 15.1 Å². The van der Waals surface area contributed by atoms with E-state index in [1.165, 1.54) is 55.6 Å². The van der Waals surface area contributed by atoms with Crippen molar-refractivity contribution in [2.75, 3.05) is 45.8 Å². The van der Waals surface area contributed by atoms with E-state index in [2.05, 4.69) is 107 Å². The molecule has 0 spiro atoms. The minimum Gasteiger partial charge on any atom is -0.490 e. The molecule has 1 N–H and O–H groups in total. The average Bonchev–Trinajstić information content (AvgIpc) is 2.98. The van der Waals surface area contributed by atoms with E-state index in [4.69, 9.17) is 4.74 Å². The summed E-state index contributed by atoms with van der Waals surface area (Å²) in [5, 5.41) is 3.67. The topological polar surface area (TPSA) is 27.7 Å². The standard InChI is InChI=1S/C35H47N3O/c1-29-12-10-22-37(27-29)23-11-21-36-26-32-17-8-9-18-35(32)39-33-19-24-38(25-20-33)28-34(30-13-4-2-5-14-30)31-15-6-3-7-16-31/h2-9,13-18,29,33-34,36H,10-12,19-28H2,1H3. The zero-order valence-corrected chi connectivity index (χ0v) is 23.8. The van der Waals surface area contributed by atoms with Crippen LogP contribution in [0.5, 0.6) is 5.75 Å². The van der Waals surface area contributed by atoms with Gasteiger partial charge >= 0.3 is 0 Å². The number of rotatable bonds is 12. The molecule has 2 aliphatic rings. The monoisotopic (exact) mass is 525 g/mol. The second kappa shape index (κ2) is 14.6. The SMILES string of the molecule is CC1CCCN(CCCNCc2ccccc2OC2CCN(CC(c3ccccc3)c3ccccc3)CC2)C1. The van der Waals surface area contributed by atoms with E-state index < -0.39 is 0 Å². The number of nitrogens with one attached hydrogen (secondary N) is 1. The third-order valence-corrected chi connectivity index (χ3v) is 8.53. The van der Waals surface area contributed by atoms with Crippen molar-refractivity contribution >= 4 is 0 Å². The van der Waals surface area contributed by atoms with Crippen LogP contribution in [0.4, 0.5) is 0 Å².